The molecule has 0 aromatic heterocycles. The lowest BCUT2D eigenvalue weighted by molar-refractivity contribution is -0.135. The van der Waals surface area contributed by atoms with E-state index in [-0.39, 0.29) is 5.76 Å². The molecule has 0 saturated heterocycles. The van der Waals surface area contributed by atoms with Crippen LogP contribution < -0.4 is 4.74 Å². The van der Waals surface area contributed by atoms with Crippen LogP contribution in [0.5, 0.6) is 5.75 Å². The van der Waals surface area contributed by atoms with Gasteiger partial charge in [-0.15, -0.1) is 0 Å². The SMILES string of the molecule is CC=C(Oc1ccccc1C(O)CCC=NOCc1ccccc1)C(=O)O. The van der Waals surface area contributed by atoms with E-state index in [1.54, 1.807) is 37.4 Å². The van der Waals surface area contributed by atoms with Gasteiger partial charge in [-0.05, 0) is 37.5 Å². The molecule has 6 nitrogen and oxygen atoms in total. The third-order valence-electron chi connectivity index (χ3n) is 3.76. The Labute approximate surface area is 158 Å². The van der Waals surface area contributed by atoms with Crippen LogP contribution in [0.4, 0.5) is 0 Å². The smallest absolute Gasteiger partial charge is 0.371 e. The predicted molar refractivity (Wildman–Crippen MR) is 102 cm³/mol. The number of carbonyl (C=O) groups is 1. The topological polar surface area (TPSA) is 88.4 Å². The highest BCUT2D eigenvalue weighted by Gasteiger charge is 2.16. The van der Waals surface area contributed by atoms with E-state index in [9.17, 15) is 9.90 Å². The first-order chi connectivity index (χ1) is 13.1. The van der Waals surface area contributed by atoms with Crippen molar-refractivity contribution in [3.63, 3.8) is 0 Å². The maximum atomic E-state index is 11.1. The number of aliphatic carboxylic acids is 1. The van der Waals surface area contributed by atoms with E-state index in [1.807, 2.05) is 30.3 Å². The summed E-state index contributed by atoms with van der Waals surface area (Å²) in [5.41, 5.74) is 1.55. The fraction of sp³-hybridized carbons (Fsp3) is 0.238. The van der Waals surface area contributed by atoms with Gasteiger partial charge < -0.3 is 19.8 Å². The van der Waals surface area contributed by atoms with Crippen LogP contribution in [0, 0.1) is 0 Å². The van der Waals surface area contributed by atoms with Gasteiger partial charge in [-0.3, -0.25) is 0 Å². The lowest BCUT2D eigenvalue weighted by Crippen LogP contribution is -2.09. The number of benzene rings is 2. The Bertz CT molecular complexity index is 786. The van der Waals surface area contributed by atoms with Gasteiger partial charge in [0, 0.05) is 11.8 Å². The van der Waals surface area contributed by atoms with E-state index in [0.29, 0.717) is 30.8 Å². The van der Waals surface area contributed by atoms with Gasteiger partial charge in [0.15, 0.2) is 0 Å². The van der Waals surface area contributed by atoms with Gasteiger partial charge >= 0.3 is 5.97 Å². The summed E-state index contributed by atoms with van der Waals surface area (Å²) in [7, 11) is 0. The highest BCUT2D eigenvalue weighted by molar-refractivity contribution is 5.84. The number of allylic oxidation sites excluding steroid dienone is 1. The molecule has 1 unspecified atom stereocenters. The monoisotopic (exact) mass is 369 g/mol. The second-order valence-corrected chi connectivity index (χ2v) is 5.74. The summed E-state index contributed by atoms with van der Waals surface area (Å²) in [5.74, 6) is -1.03. The number of aliphatic hydroxyl groups excluding tert-OH is 1. The maximum absolute atomic E-state index is 11.1. The second-order valence-electron chi connectivity index (χ2n) is 5.74. The molecular formula is C21H23NO5. The maximum Gasteiger partial charge on any atom is 0.371 e. The van der Waals surface area contributed by atoms with Crippen LogP contribution in [0.15, 0.2) is 71.6 Å². The number of rotatable bonds is 10. The lowest BCUT2D eigenvalue weighted by Gasteiger charge is -2.15. The van der Waals surface area contributed by atoms with E-state index >= 15 is 0 Å². The first-order valence-corrected chi connectivity index (χ1v) is 8.64. The minimum absolute atomic E-state index is 0.189. The molecule has 0 fully saturated rings. The molecule has 0 saturated carbocycles. The van der Waals surface area contributed by atoms with Gasteiger partial charge in [0.1, 0.15) is 12.4 Å². The third-order valence-corrected chi connectivity index (χ3v) is 3.76. The first kappa shape index (κ1) is 20.2. The zero-order chi connectivity index (χ0) is 19.5. The van der Waals surface area contributed by atoms with Crippen molar-refractivity contribution in [3.8, 4) is 5.75 Å². The molecule has 0 spiro atoms. The number of hydrogen-bond acceptors (Lipinski definition) is 5. The van der Waals surface area contributed by atoms with Crippen LogP contribution in [-0.2, 0) is 16.2 Å². The number of para-hydroxylation sites is 1. The van der Waals surface area contributed by atoms with Gasteiger partial charge in [-0.2, -0.15) is 0 Å². The molecule has 0 heterocycles. The van der Waals surface area contributed by atoms with Crippen LogP contribution >= 0.6 is 0 Å². The molecule has 6 heteroatoms. The molecule has 2 rings (SSSR count). The van der Waals surface area contributed by atoms with Gasteiger partial charge in [0.05, 0.1) is 6.10 Å². The number of hydrogen-bond donors (Lipinski definition) is 2. The van der Waals surface area contributed by atoms with Crippen LogP contribution in [0.2, 0.25) is 0 Å². The van der Waals surface area contributed by atoms with Crippen molar-refractivity contribution in [3.05, 3.63) is 77.6 Å². The summed E-state index contributed by atoms with van der Waals surface area (Å²) in [5, 5.41) is 23.4. The lowest BCUT2D eigenvalue weighted by atomic mass is 10.0. The Hall–Kier alpha value is -3.12. The molecule has 0 radical (unpaired) electrons. The minimum Gasteiger partial charge on any atom is -0.475 e. The van der Waals surface area contributed by atoms with Gasteiger partial charge in [-0.1, -0.05) is 53.7 Å². The summed E-state index contributed by atoms with van der Waals surface area (Å²) >= 11 is 0. The Morgan fingerprint density at radius 1 is 1.15 bits per heavy atom. The van der Waals surface area contributed by atoms with Crippen LogP contribution in [0.3, 0.4) is 0 Å². The summed E-state index contributed by atoms with van der Waals surface area (Å²) in [6.45, 7) is 1.96. The first-order valence-electron chi connectivity index (χ1n) is 8.64. The average Bonchev–Trinajstić information content (AvgIpc) is 2.69. The molecule has 0 aliphatic carbocycles. The van der Waals surface area contributed by atoms with E-state index in [2.05, 4.69) is 5.16 Å². The Kier molecular flexibility index (Phi) is 8.06. The number of nitrogens with zero attached hydrogens (tertiary/aromatic N) is 1. The molecule has 27 heavy (non-hydrogen) atoms. The zero-order valence-electron chi connectivity index (χ0n) is 15.1. The molecule has 2 N–H and O–H groups in total. The fourth-order valence-electron chi connectivity index (χ4n) is 2.37. The van der Waals surface area contributed by atoms with E-state index < -0.39 is 12.1 Å². The van der Waals surface area contributed by atoms with Crippen LogP contribution in [0.1, 0.15) is 37.0 Å². The molecule has 0 amide bonds. The highest BCUT2D eigenvalue weighted by atomic mass is 16.6. The summed E-state index contributed by atoms with van der Waals surface area (Å²) in [6, 6.07) is 16.5. The van der Waals surface area contributed by atoms with E-state index in [4.69, 9.17) is 14.7 Å². The number of ether oxygens (including phenoxy) is 1. The fourth-order valence-corrected chi connectivity index (χ4v) is 2.37. The standard InChI is InChI=1S/C21H23NO5/c1-2-19(21(24)25)27-20-13-7-6-11-17(20)18(23)12-8-14-22-26-15-16-9-4-3-5-10-16/h2-7,9-11,13-14,18,23H,8,12,15H2,1H3,(H,24,25). The van der Waals surface area contributed by atoms with Crippen molar-refractivity contribution in [2.24, 2.45) is 5.16 Å². The predicted octanol–water partition coefficient (Wildman–Crippen LogP) is 4.07. The van der Waals surface area contributed by atoms with Crippen LogP contribution in [-0.4, -0.2) is 22.4 Å². The van der Waals surface area contributed by atoms with Crippen molar-refractivity contribution in [1.82, 2.24) is 0 Å². The summed E-state index contributed by atoms with van der Waals surface area (Å²) < 4.78 is 5.41. The number of aliphatic hydroxyl groups is 1. The third kappa shape index (κ3) is 6.60. The van der Waals surface area contributed by atoms with E-state index in [0.717, 1.165) is 5.56 Å². The molecule has 0 aliphatic heterocycles. The molecule has 0 bridgehead atoms. The Morgan fingerprint density at radius 2 is 1.85 bits per heavy atom. The molecule has 1 atom stereocenters. The molecular weight excluding hydrogens is 346 g/mol. The molecule has 142 valence electrons. The van der Waals surface area contributed by atoms with E-state index in [1.165, 1.54) is 6.08 Å². The van der Waals surface area contributed by atoms with Crippen molar-refractivity contribution in [2.45, 2.75) is 32.5 Å². The second kappa shape index (κ2) is 10.8. The summed E-state index contributed by atoms with van der Waals surface area (Å²) in [4.78, 5) is 16.3. The highest BCUT2D eigenvalue weighted by Crippen LogP contribution is 2.29. The zero-order valence-corrected chi connectivity index (χ0v) is 15.1. The Balaban J connectivity index is 1.86. The van der Waals surface area contributed by atoms with Crippen LogP contribution in [0.25, 0.3) is 0 Å². The largest absolute Gasteiger partial charge is 0.475 e. The Morgan fingerprint density at radius 3 is 2.56 bits per heavy atom. The van der Waals surface area contributed by atoms with Crippen molar-refractivity contribution >= 4 is 12.2 Å². The normalized spacial score (nSPS) is 12.7. The quantitative estimate of drug-likeness (QED) is 0.285. The number of oxime groups is 1. The molecule has 2 aromatic carbocycles. The van der Waals surface area contributed by atoms with Gasteiger partial charge in [0.2, 0.25) is 5.76 Å². The van der Waals surface area contributed by atoms with Gasteiger partial charge in [-0.25, -0.2) is 4.79 Å². The minimum atomic E-state index is -1.16. The van der Waals surface area contributed by atoms with Crippen molar-refractivity contribution in [2.75, 3.05) is 0 Å². The number of carboxylic acid groups (broad SMARTS) is 1. The van der Waals surface area contributed by atoms with Crippen molar-refractivity contribution < 1.29 is 24.6 Å². The van der Waals surface area contributed by atoms with Crippen molar-refractivity contribution in [1.29, 1.82) is 0 Å². The number of carboxylic acids is 1. The average molecular weight is 369 g/mol. The molecule has 2 aromatic rings. The van der Waals surface area contributed by atoms with Gasteiger partial charge in [0.25, 0.3) is 0 Å². The molecule has 0 aliphatic rings. The summed E-state index contributed by atoms with van der Waals surface area (Å²) in [6.07, 6.45) is 3.05.